The Morgan fingerprint density at radius 2 is 1.66 bits per heavy atom. The van der Waals surface area contributed by atoms with Crippen molar-refractivity contribution in [1.82, 2.24) is 4.31 Å². The van der Waals surface area contributed by atoms with Gasteiger partial charge in [0.1, 0.15) is 5.75 Å². The summed E-state index contributed by atoms with van der Waals surface area (Å²) in [5.41, 5.74) is 1.05. The van der Waals surface area contributed by atoms with E-state index in [-0.39, 0.29) is 16.8 Å². The molecule has 1 saturated carbocycles. The maximum Gasteiger partial charge on any atom is 0.255 e. The monoisotopic (exact) mass is 416 g/mol. The Morgan fingerprint density at radius 1 is 1.03 bits per heavy atom. The molecule has 0 heterocycles. The average Bonchev–Trinajstić information content (AvgIpc) is 2.75. The molecule has 1 N–H and O–H groups in total. The Labute approximate surface area is 172 Å². The highest BCUT2D eigenvalue weighted by molar-refractivity contribution is 7.89. The van der Waals surface area contributed by atoms with Crippen LogP contribution < -0.4 is 10.1 Å². The summed E-state index contributed by atoms with van der Waals surface area (Å²) in [4.78, 5) is 12.7. The molecule has 0 atom stereocenters. The summed E-state index contributed by atoms with van der Waals surface area (Å²) in [6.45, 7) is 2.49. The molecule has 3 rings (SSSR count). The quantitative estimate of drug-likeness (QED) is 0.730. The molecule has 0 radical (unpaired) electrons. The summed E-state index contributed by atoms with van der Waals surface area (Å²) in [6.07, 6.45) is 5.10. The van der Waals surface area contributed by atoms with Gasteiger partial charge in [-0.3, -0.25) is 4.79 Å². The van der Waals surface area contributed by atoms with Gasteiger partial charge in [-0.2, -0.15) is 4.31 Å². The third-order valence-corrected chi connectivity index (χ3v) is 7.23. The minimum Gasteiger partial charge on any atom is -0.494 e. The van der Waals surface area contributed by atoms with Crippen LogP contribution in [0, 0.1) is 0 Å². The van der Waals surface area contributed by atoms with Gasteiger partial charge in [0.25, 0.3) is 5.91 Å². The Hall–Kier alpha value is -2.38. The van der Waals surface area contributed by atoms with Crippen molar-refractivity contribution < 1.29 is 17.9 Å². The zero-order valence-corrected chi connectivity index (χ0v) is 17.7. The molecule has 1 aliphatic rings. The van der Waals surface area contributed by atoms with Gasteiger partial charge in [0.15, 0.2) is 0 Å². The van der Waals surface area contributed by atoms with Crippen LogP contribution in [-0.2, 0) is 10.0 Å². The SMILES string of the molecule is CCOc1ccc(NC(=O)c2ccc(S(=O)(=O)N(C)C3CCCCC3)cc2)cc1. The molecule has 2 aromatic rings. The largest absolute Gasteiger partial charge is 0.494 e. The van der Waals surface area contributed by atoms with Crippen molar-refractivity contribution in [3.63, 3.8) is 0 Å². The first kappa shape index (κ1) is 21.3. The molecule has 0 spiro atoms. The molecule has 1 fully saturated rings. The van der Waals surface area contributed by atoms with Crippen LogP contribution >= 0.6 is 0 Å². The van der Waals surface area contributed by atoms with Gasteiger partial charge < -0.3 is 10.1 Å². The van der Waals surface area contributed by atoms with Gasteiger partial charge in [-0.25, -0.2) is 8.42 Å². The highest BCUT2D eigenvalue weighted by atomic mass is 32.2. The van der Waals surface area contributed by atoms with Crippen LogP contribution in [-0.4, -0.2) is 38.3 Å². The fraction of sp³-hybridized carbons (Fsp3) is 0.409. The fourth-order valence-corrected chi connectivity index (χ4v) is 5.01. The summed E-state index contributed by atoms with van der Waals surface area (Å²) < 4.78 is 32.7. The van der Waals surface area contributed by atoms with Gasteiger partial charge in [0.2, 0.25) is 10.0 Å². The van der Waals surface area contributed by atoms with Crippen LogP contribution in [0.1, 0.15) is 49.4 Å². The molecule has 29 heavy (non-hydrogen) atoms. The molecule has 0 saturated heterocycles. The number of nitrogens with zero attached hydrogens (tertiary/aromatic N) is 1. The van der Waals surface area contributed by atoms with Crippen molar-refractivity contribution >= 4 is 21.6 Å². The lowest BCUT2D eigenvalue weighted by Gasteiger charge is -2.30. The molecule has 0 aliphatic heterocycles. The summed E-state index contributed by atoms with van der Waals surface area (Å²) in [7, 11) is -1.91. The fourth-order valence-electron chi connectivity index (χ4n) is 3.59. The van der Waals surface area contributed by atoms with Gasteiger partial charge in [-0.05, 0) is 68.3 Å². The van der Waals surface area contributed by atoms with E-state index in [0.29, 0.717) is 17.9 Å². The first-order chi connectivity index (χ1) is 13.9. The summed E-state index contributed by atoms with van der Waals surface area (Å²) in [5.74, 6) is 0.445. The van der Waals surface area contributed by atoms with Crippen LogP contribution in [0.5, 0.6) is 5.75 Å². The third kappa shape index (κ3) is 5.16. The molecule has 1 aliphatic carbocycles. The van der Waals surface area contributed by atoms with Crippen LogP contribution in [0.25, 0.3) is 0 Å². The minimum atomic E-state index is -3.56. The Balaban J connectivity index is 1.67. The Morgan fingerprint density at radius 3 is 2.24 bits per heavy atom. The number of hydrogen-bond acceptors (Lipinski definition) is 4. The predicted octanol–water partition coefficient (Wildman–Crippen LogP) is 4.29. The van der Waals surface area contributed by atoms with Crippen LogP contribution in [0.15, 0.2) is 53.4 Å². The number of sulfonamides is 1. The highest BCUT2D eigenvalue weighted by Gasteiger charge is 2.29. The van der Waals surface area contributed by atoms with Crippen molar-refractivity contribution in [3.05, 3.63) is 54.1 Å². The van der Waals surface area contributed by atoms with Crippen LogP contribution in [0.3, 0.4) is 0 Å². The molecule has 0 bridgehead atoms. The number of rotatable bonds is 7. The number of anilines is 1. The average molecular weight is 417 g/mol. The van der Waals surface area contributed by atoms with Gasteiger partial charge >= 0.3 is 0 Å². The zero-order chi connectivity index (χ0) is 20.9. The van der Waals surface area contributed by atoms with Crippen molar-refractivity contribution in [1.29, 1.82) is 0 Å². The van der Waals surface area contributed by atoms with Crippen LogP contribution in [0.4, 0.5) is 5.69 Å². The van der Waals surface area contributed by atoms with E-state index >= 15 is 0 Å². The van der Waals surface area contributed by atoms with Gasteiger partial charge in [-0.15, -0.1) is 0 Å². The summed E-state index contributed by atoms with van der Waals surface area (Å²) in [6, 6.07) is 13.3. The standard InChI is InChI=1S/C22H28N2O4S/c1-3-28-20-13-11-18(12-14-20)23-22(25)17-9-15-21(16-10-17)29(26,27)24(2)19-7-5-4-6-8-19/h9-16,19H,3-8H2,1-2H3,(H,23,25). The smallest absolute Gasteiger partial charge is 0.255 e. The number of carbonyl (C=O) groups excluding carboxylic acids is 1. The molecule has 1 amide bonds. The van der Waals surface area contributed by atoms with Crippen molar-refractivity contribution in [2.75, 3.05) is 19.0 Å². The van der Waals surface area contributed by atoms with Crippen molar-refractivity contribution in [3.8, 4) is 5.75 Å². The van der Waals surface area contributed by atoms with E-state index in [1.807, 2.05) is 6.92 Å². The Kier molecular flexibility index (Phi) is 6.92. The summed E-state index contributed by atoms with van der Waals surface area (Å²) in [5, 5.41) is 2.81. The molecular weight excluding hydrogens is 388 g/mol. The van der Waals surface area contributed by atoms with Gasteiger partial charge in [0, 0.05) is 24.3 Å². The second-order valence-electron chi connectivity index (χ2n) is 7.25. The molecule has 0 unspecified atom stereocenters. The third-order valence-electron chi connectivity index (χ3n) is 5.31. The predicted molar refractivity (Wildman–Crippen MR) is 114 cm³/mol. The minimum absolute atomic E-state index is 0.0522. The van der Waals surface area contributed by atoms with Crippen molar-refractivity contribution in [2.45, 2.75) is 50.0 Å². The topological polar surface area (TPSA) is 75.7 Å². The number of benzene rings is 2. The van der Waals surface area contributed by atoms with E-state index in [4.69, 9.17) is 4.74 Å². The Bertz CT molecular complexity index is 918. The second-order valence-corrected chi connectivity index (χ2v) is 9.25. The number of carbonyl (C=O) groups is 1. The molecule has 156 valence electrons. The first-order valence-electron chi connectivity index (χ1n) is 10.0. The number of amides is 1. The second kappa shape index (κ2) is 9.41. The van der Waals surface area contributed by atoms with E-state index in [0.717, 1.165) is 31.4 Å². The number of ether oxygens (including phenoxy) is 1. The first-order valence-corrected chi connectivity index (χ1v) is 11.5. The van der Waals surface area contributed by atoms with E-state index in [9.17, 15) is 13.2 Å². The number of nitrogens with one attached hydrogen (secondary N) is 1. The lowest BCUT2D eigenvalue weighted by atomic mass is 9.96. The highest BCUT2D eigenvalue weighted by Crippen LogP contribution is 2.26. The summed E-state index contributed by atoms with van der Waals surface area (Å²) >= 11 is 0. The van der Waals surface area contributed by atoms with Gasteiger partial charge in [-0.1, -0.05) is 19.3 Å². The molecule has 6 nitrogen and oxygen atoms in total. The lowest BCUT2D eigenvalue weighted by molar-refractivity contribution is 0.102. The number of hydrogen-bond donors (Lipinski definition) is 1. The van der Waals surface area contributed by atoms with E-state index < -0.39 is 10.0 Å². The van der Waals surface area contributed by atoms with Crippen molar-refractivity contribution in [2.24, 2.45) is 0 Å². The molecule has 0 aromatic heterocycles. The van der Waals surface area contributed by atoms with E-state index in [1.54, 1.807) is 43.4 Å². The van der Waals surface area contributed by atoms with E-state index in [1.165, 1.54) is 22.9 Å². The zero-order valence-electron chi connectivity index (χ0n) is 16.9. The van der Waals surface area contributed by atoms with E-state index in [2.05, 4.69) is 5.32 Å². The lowest BCUT2D eigenvalue weighted by Crippen LogP contribution is -2.38. The normalized spacial score (nSPS) is 15.3. The molecule has 2 aromatic carbocycles. The molecular formula is C22H28N2O4S. The maximum absolute atomic E-state index is 12.9. The maximum atomic E-state index is 12.9. The van der Waals surface area contributed by atoms with Crippen LogP contribution in [0.2, 0.25) is 0 Å². The molecule has 7 heteroatoms. The van der Waals surface area contributed by atoms with Gasteiger partial charge in [0.05, 0.1) is 11.5 Å².